The number of hydrogen-bond donors (Lipinski definition) is 4. The number of H-pyrrole nitrogens is 1. The number of rotatable bonds is 6. The second-order valence-corrected chi connectivity index (χ2v) is 6.59. The molecule has 0 aliphatic carbocycles. The predicted octanol–water partition coefficient (Wildman–Crippen LogP) is 4.71. The van der Waals surface area contributed by atoms with E-state index >= 15 is 0 Å². The summed E-state index contributed by atoms with van der Waals surface area (Å²) in [7, 11) is 0. The molecule has 152 valence electrons. The van der Waals surface area contributed by atoms with E-state index < -0.39 is 16.9 Å². The smallest absolute Gasteiger partial charge is 0.233 e. The van der Waals surface area contributed by atoms with Crippen LogP contribution in [0, 0.1) is 11.2 Å². The van der Waals surface area contributed by atoms with Crippen LogP contribution in [0.5, 0.6) is 0 Å². The molecule has 0 bridgehead atoms. The van der Waals surface area contributed by atoms with Crippen LogP contribution >= 0.6 is 0 Å². The van der Waals surface area contributed by atoms with Gasteiger partial charge in [0.05, 0.1) is 21.9 Å². The molecule has 9 heteroatoms. The zero-order chi connectivity index (χ0) is 21.3. The summed E-state index contributed by atoms with van der Waals surface area (Å²) in [6, 6.07) is 12.9. The molecular formula is C21H16F3N5O. The Hall–Kier alpha value is -3.69. The molecule has 0 amide bonds. The maximum Gasteiger partial charge on any atom is 0.233 e. The molecule has 0 fully saturated rings. The van der Waals surface area contributed by atoms with Crippen molar-refractivity contribution in [1.82, 2.24) is 15.3 Å². The molecular weight excluding hydrogens is 395 g/mol. The molecule has 0 aliphatic heterocycles. The number of pyridine rings is 1. The first-order valence-electron chi connectivity index (χ1n) is 8.88. The minimum absolute atomic E-state index is 0.127. The van der Waals surface area contributed by atoms with E-state index in [0.717, 1.165) is 6.21 Å². The predicted molar refractivity (Wildman–Crippen MR) is 107 cm³/mol. The van der Waals surface area contributed by atoms with Gasteiger partial charge in [0, 0.05) is 41.1 Å². The Morgan fingerprint density at radius 3 is 2.60 bits per heavy atom. The summed E-state index contributed by atoms with van der Waals surface area (Å²) < 4.78 is 41.1. The van der Waals surface area contributed by atoms with Crippen LogP contribution in [-0.4, -0.2) is 26.6 Å². The maximum atomic E-state index is 14.0. The fourth-order valence-electron chi connectivity index (χ4n) is 3.27. The molecule has 0 saturated carbocycles. The Kier molecular flexibility index (Phi) is 4.98. The molecule has 0 aliphatic rings. The third kappa shape index (κ3) is 3.30. The van der Waals surface area contributed by atoms with E-state index in [0.29, 0.717) is 16.9 Å². The monoisotopic (exact) mass is 411 g/mol. The Morgan fingerprint density at radius 1 is 1.13 bits per heavy atom. The summed E-state index contributed by atoms with van der Waals surface area (Å²) in [5, 5.41) is 20.4. The van der Waals surface area contributed by atoms with Crippen molar-refractivity contribution >= 4 is 28.6 Å². The number of anilines is 2. The van der Waals surface area contributed by atoms with E-state index in [1.807, 2.05) is 0 Å². The van der Waals surface area contributed by atoms with Crippen LogP contribution in [0.4, 0.5) is 24.7 Å². The molecule has 0 spiro atoms. The second-order valence-electron chi connectivity index (χ2n) is 6.59. The average Bonchev–Trinajstić information content (AvgIpc) is 3.19. The topological polar surface area (TPSA) is 88.0 Å². The van der Waals surface area contributed by atoms with Crippen LogP contribution in [0.2, 0.25) is 0 Å². The summed E-state index contributed by atoms with van der Waals surface area (Å²) in [5.74, 6) is -0.397. The zero-order valence-corrected chi connectivity index (χ0v) is 15.4. The first kappa shape index (κ1) is 19.6. The fourth-order valence-corrected chi connectivity index (χ4v) is 3.27. The van der Waals surface area contributed by atoms with E-state index in [1.165, 1.54) is 54.9 Å². The molecule has 4 rings (SSSR count). The average molecular weight is 411 g/mol. The van der Waals surface area contributed by atoms with Gasteiger partial charge in [-0.25, -0.2) is 4.39 Å². The van der Waals surface area contributed by atoms with E-state index in [4.69, 9.17) is 5.41 Å². The molecule has 1 atom stereocenters. The highest BCUT2D eigenvalue weighted by molar-refractivity contribution is 5.88. The standard InChI is InChI=1S/C21H16F3N5O/c22-15-4-6-16(7-5-15)28-18-8-3-14(10-13(18)11-25)21(30,29(23)24)17-12-27-19-2-1-9-26-20(17)19/h1-12,25,27-28,30H. The highest BCUT2D eigenvalue weighted by Gasteiger charge is 2.43. The van der Waals surface area contributed by atoms with Crippen molar-refractivity contribution in [1.29, 1.82) is 5.41 Å². The van der Waals surface area contributed by atoms with Crippen molar-refractivity contribution in [3.63, 3.8) is 0 Å². The lowest BCUT2D eigenvalue weighted by Gasteiger charge is -2.28. The number of nitrogens with one attached hydrogen (secondary N) is 3. The molecule has 4 aromatic rings. The lowest BCUT2D eigenvalue weighted by atomic mass is 9.94. The number of aromatic amines is 1. The normalized spacial score (nSPS) is 13.4. The highest BCUT2D eigenvalue weighted by Crippen LogP contribution is 2.38. The summed E-state index contributed by atoms with van der Waals surface area (Å²) in [6.07, 6.45) is 3.70. The van der Waals surface area contributed by atoms with Gasteiger partial charge in [0.25, 0.3) is 0 Å². The SMILES string of the molecule is N=Cc1cc(C(O)(c2c[nH]c3cccnc23)N(F)F)ccc1Nc1ccc(F)cc1. The molecule has 0 saturated heterocycles. The summed E-state index contributed by atoms with van der Waals surface area (Å²) in [6.45, 7) is 0. The van der Waals surface area contributed by atoms with E-state index in [9.17, 15) is 18.5 Å². The number of halogens is 3. The molecule has 4 N–H and O–H groups in total. The number of aliphatic hydroxyl groups is 1. The molecule has 2 aromatic heterocycles. The summed E-state index contributed by atoms with van der Waals surface area (Å²) in [5.41, 5.74) is -1.13. The minimum atomic E-state index is -2.79. The van der Waals surface area contributed by atoms with Crippen LogP contribution in [0.25, 0.3) is 11.0 Å². The molecule has 2 aromatic carbocycles. The van der Waals surface area contributed by atoms with Crippen molar-refractivity contribution in [2.75, 3.05) is 5.32 Å². The van der Waals surface area contributed by atoms with Crippen molar-refractivity contribution in [2.24, 2.45) is 0 Å². The molecule has 2 heterocycles. The number of nitrogens with zero attached hydrogens (tertiary/aromatic N) is 2. The lowest BCUT2D eigenvalue weighted by molar-refractivity contribution is -0.297. The second kappa shape index (κ2) is 7.62. The van der Waals surface area contributed by atoms with E-state index in [1.54, 1.807) is 12.1 Å². The Labute approximate surface area is 169 Å². The van der Waals surface area contributed by atoms with Gasteiger partial charge in [0.2, 0.25) is 5.72 Å². The molecule has 1 unspecified atom stereocenters. The van der Waals surface area contributed by atoms with Gasteiger partial charge in [0.15, 0.2) is 0 Å². The van der Waals surface area contributed by atoms with Crippen molar-refractivity contribution in [3.05, 3.63) is 89.5 Å². The van der Waals surface area contributed by atoms with Gasteiger partial charge in [0.1, 0.15) is 5.82 Å². The Morgan fingerprint density at radius 2 is 1.90 bits per heavy atom. The van der Waals surface area contributed by atoms with Gasteiger partial charge in [-0.1, -0.05) is 15.0 Å². The fraction of sp³-hybridized carbons (Fsp3) is 0.0476. The Bertz CT molecular complexity index is 1210. The maximum absolute atomic E-state index is 14.0. The third-order valence-electron chi connectivity index (χ3n) is 4.79. The summed E-state index contributed by atoms with van der Waals surface area (Å²) in [4.78, 5) is 6.92. The van der Waals surface area contributed by atoms with Crippen LogP contribution in [-0.2, 0) is 5.72 Å². The third-order valence-corrected chi connectivity index (χ3v) is 4.79. The van der Waals surface area contributed by atoms with Crippen LogP contribution in [0.15, 0.2) is 67.0 Å². The summed E-state index contributed by atoms with van der Waals surface area (Å²) >= 11 is 0. The number of aromatic nitrogens is 2. The van der Waals surface area contributed by atoms with E-state index in [2.05, 4.69) is 15.3 Å². The lowest BCUT2D eigenvalue weighted by Crippen LogP contribution is -2.38. The minimum Gasteiger partial charge on any atom is -0.363 e. The van der Waals surface area contributed by atoms with Crippen molar-refractivity contribution in [3.8, 4) is 0 Å². The highest BCUT2D eigenvalue weighted by atomic mass is 19.4. The molecule has 0 radical (unpaired) electrons. The quantitative estimate of drug-likeness (QED) is 0.210. The van der Waals surface area contributed by atoms with Gasteiger partial charge in [-0.2, -0.15) is 0 Å². The van der Waals surface area contributed by atoms with E-state index in [-0.39, 0.29) is 22.2 Å². The largest absolute Gasteiger partial charge is 0.363 e. The van der Waals surface area contributed by atoms with Gasteiger partial charge in [-0.15, -0.1) is 0 Å². The molecule has 6 nitrogen and oxygen atoms in total. The van der Waals surface area contributed by atoms with Gasteiger partial charge >= 0.3 is 0 Å². The first-order valence-corrected chi connectivity index (χ1v) is 8.88. The van der Waals surface area contributed by atoms with Crippen LogP contribution in [0.1, 0.15) is 16.7 Å². The van der Waals surface area contributed by atoms with Gasteiger partial charge in [-0.3, -0.25) is 4.98 Å². The molecule has 30 heavy (non-hydrogen) atoms. The van der Waals surface area contributed by atoms with Crippen LogP contribution in [0.3, 0.4) is 0 Å². The number of hydrogen-bond acceptors (Lipinski definition) is 5. The Balaban J connectivity index is 1.79. The van der Waals surface area contributed by atoms with Gasteiger partial charge in [-0.05, 0) is 48.5 Å². The van der Waals surface area contributed by atoms with Crippen molar-refractivity contribution < 1.29 is 18.5 Å². The van der Waals surface area contributed by atoms with Crippen LogP contribution < -0.4 is 5.32 Å². The number of benzene rings is 2. The van der Waals surface area contributed by atoms with Gasteiger partial charge < -0.3 is 20.8 Å². The first-order chi connectivity index (χ1) is 14.4. The zero-order valence-electron chi connectivity index (χ0n) is 15.4. The number of fused-ring (bicyclic) bond motifs is 1. The van der Waals surface area contributed by atoms with Crippen molar-refractivity contribution in [2.45, 2.75) is 5.72 Å².